The average molecular weight is 442 g/mol. The molecule has 10 heteroatoms. The van der Waals surface area contributed by atoms with Gasteiger partial charge in [-0.25, -0.2) is 4.98 Å². The fourth-order valence-corrected chi connectivity index (χ4v) is 5.10. The van der Waals surface area contributed by atoms with Gasteiger partial charge in [-0.05, 0) is 32.0 Å². The molecule has 0 spiro atoms. The number of hydrogen-bond acceptors (Lipinski definition) is 7. The number of rotatable bonds is 3. The molecule has 162 valence electrons. The first-order valence-corrected chi connectivity index (χ1v) is 11.0. The van der Waals surface area contributed by atoms with E-state index in [9.17, 15) is 14.4 Å². The topological polar surface area (TPSA) is 104 Å². The van der Waals surface area contributed by atoms with Crippen LogP contribution in [-0.4, -0.2) is 65.9 Å². The molecule has 0 bridgehead atoms. The predicted octanol–water partition coefficient (Wildman–Crippen LogP) is 1.31. The number of aromatic nitrogens is 1. The minimum absolute atomic E-state index is 0.0918. The Kier molecular flexibility index (Phi) is 4.44. The van der Waals surface area contributed by atoms with Gasteiger partial charge in [-0.2, -0.15) is 0 Å². The second-order valence-electron chi connectivity index (χ2n) is 8.71. The highest BCUT2D eigenvalue weighted by molar-refractivity contribution is 7.17. The summed E-state index contributed by atoms with van der Waals surface area (Å²) in [5.41, 5.74) is 1.62. The molecule has 3 amide bonds. The summed E-state index contributed by atoms with van der Waals surface area (Å²) in [6, 6.07) is 4.72. The molecule has 0 radical (unpaired) electrons. The largest absolute Gasteiger partial charge is 0.490 e. The van der Waals surface area contributed by atoms with E-state index < -0.39 is 6.04 Å². The molecule has 2 N–H and O–H groups in total. The zero-order valence-electron chi connectivity index (χ0n) is 17.5. The van der Waals surface area contributed by atoms with Crippen molar-refractivity contribution in [3.63, 3.8) is 0 Å². The van der Waals surface area contributed by atoms with Gasteiger partial charge in [0.25, 0.3) is 11.8 Å². The Balaban J connectivity index is 1.44. The quantitative estimate of drug-likeness (QED) is 0.696. The molecule has 1 saturated heterocycles. The molecule has 2 aromatic rings. The summed E-state index contributed by atoms with van der Waals surface area (Å²) in [4.78, 5) is 46.0. The third kappa shape index (κ3) is 3.40. The maximum absolute atomic E-state index is 12.7. The second kappa shape index (κ2) is 6.94. The molecule has 1 aromatic heterocycles. The van der Waals surface area contributed by atoms with Gasteiger partial charge in [-0.3, -0.25) is 14.4 Å². The summed E-state index contributed by atoms with van der Waals surface area (Å²) in [6.45, 7) is 5.50. The van der Waals surface area contributed by atoms with Gasteiger partial charge in [0, 0.05) is 31.1 Å². The molecule has 0 aliphatic carbocycles. The van der Waals surface area contributed by atoms with Crippen LogP contribution in [0.3, 0.4) is 0 Å². The predicted molar refractivity (Wildman–Crippen MR) is 115 cm³/mol. The van der Waals surface area contributed by atoms with Crippen molar-refractivity contribution in [3.05, 3.63) is 34.3 Å². The normalized spacial score (nSPS) is 21.5. The zero-order valence-corrected chi connectivity index (χ0v) is 18.3. The number of β-lactam (4-membered cyclic amide) rings is 1. The van der Waals surface area contributed by atoms with Crippen molar-refractivity contribution in [2.75, 3.05) is 31.6 Å². The lowest BCUT2D eigenvalue weighted by atomic mass is 9.94. The molecular weight excluding hydrogens is 418 g/mol. The minimum atomic E-state index is -0.478. The van der Waals surface area contributed by atoms with Crippen LogP contribution in [-0.2, 0) is 11.2 Å². The number of likely N-dealkylation sites (N-methyl/N-ethyl adjacent to an activating group) is 1. The smallest absolute Gasteiger partial charge is 0.263 e. The summed E-state index contributed by atoms with van der Waals surface area (Å²) in [5.74, 6) is 0.150. The molecule has 0 saturated carbocycles. The van der Waals surface area contributed by atoms with Crippen LogP contribution < -0.4 is 20.3 Å². The first-order valence-electron chi connectivity index (χ1n) is 10.1. The van der Waals surface area contributed by atoms with Crippen LogP contribution >= 0.6 is 11.3 Å². The summed E-state index contributed by atoms with van der Waals surface area (Å²) in [5, 5.41) is 6.49. The zero-order chi connectivity index (χ0) is 21.9. The van der Waals surface area contributed by atoms with Crippen molar-refractivity contribution in [2.24, 2.45) is 0 Å². The second-order valence-corrected chi connectivity index (χ2v) is 9.69. The Bertz CT molecular complexity index is 1110. The first kappa shape index (κ1) is 19.8. The van der Waals surface area contributed by atoms with Gasteiger partial charge in [0.1, 0.15) is 23.3 Å². The van der Waals surface area contributed by atoms with Gasteiger partial charge >= 0.3 is 0 Å². The molecule has 1 aromatic carbocycles. The van der Waals surface area contributed by atoms with Crippen molar-refractivity contribution < 1.29 is 19.1 Å². The molecule has 9 nitrogen and oxygen atoms in total. The third-order valence-corrected chi connectivity index (χ3v) is 6.82. The van der Waals surface area contributed by atoms with Gasteiger partial charge in [-0.15, -0.1) is 0 Å². The SMILES string of the molecule is CN1C[C@H](NC(=O)c2ccc3c(c2)N(c2nc4c(s2)C(=O)NC(C)(C)C4)CCO3)C1=O. The molecule has 1 atom stereocenters. The van der Waals surface area contributed by atoms with Crippen LogP contribution in [0.25, 0.3) is 0 Å². The highest BCUT2D eigenvalue weighted by Crippen LogP contribution is 2.41. The monoisotopic (exact) mass is 441 g/mol. The van der Waals surface area contributed by atoms with Crippen LogP contribution in [0.4, 0.5) is 10.8 Å². The van der Waals surface area contributed by atoms with Crippen LogP contribution in [0.5, 0.6) is 5.75 Å². The van der Waals surface area contributed by atoms with Crippen molar-refractivity contribution in [1.29, 1.82) is 0 Å². The van der Waals surface area contributed by atoms with E-state index in [1.807, 2.05) is 18.7 Å². The maximum Gasteiger partial charge on any atom is 0.263 e. The number of ether oxygens (including phenoxy) is 1. The first-order chi connectivity index (χ1) is 14.7. The molecule has 1 fully saturated rings. The number of likely N-dealkylation sites (tertiary alicyclic amines) is 1. The Morgan fingerprint density at radius 1 is 1.35 bits per heavy atom. The molecule has 31 heavy (non-hydrogen) atoms. The molecule has 5 rings (SSSR count). The number of amides is 3. The van der Waals surface area contributed by atoms with Gasteiger partial charge in [0.15, 0.2) is 5.13 Å². The maximum atomic E-state index is 12.7. The highest BCUT2D eigenvalue weighted by atomic mass is 32.1. The molecular formula is C21H23N5O4S. The minimum Gasteiger partial charge on any atom is -0.490 e. The fourth-order valence-electron chi connectivity index (χ4n) is 4.08. The molecule has 0 unspecified atom stereocenters. The Morgan fingerprint density at radius 3 is 2.90 bits per heavy atom. The van der Waals surface area contributed by atoms with Crippen LogP contribution in [0.1, 0.15) is 39.6 Å². The summed E-state index contributed by atoms with van der Waals surface area (Å²) in [6.07, 6.45) is 0.661. The molecule has 4 heterocycles. The van der Waals surface area contributed by atoms with E-state index in [-0.39, 0.29) is 23.3 Å². The van der Waals surface area contributed by atoms with E-state index in [4.69, 9.17) is 9.72 Å². The van der Waals surface area contributed by atoms with Crippen molar-refractivity contribution in [1.82, 2.24) is 20.5 Å². The van der Waals surface area contributed by atoms with Gasteiger partial charge < -0.3 is 25.2 Å². The van der Waals surface area contributed by atoms with Crippen molar-refractivity contribution in [2.45, 2.75) is 31.8 Å². The summed E-state index contributed by atoms with van der Waals surface area (Å²) < 4.78 is 5.77. The average Bonchev–Trinajstić information content (AvgIpc) is 3.15. The van der Waals surface area contributed by atoms with E-state index in [0.29, 0.717) is 47.4 Å². The molecule has 3 aliphatic heterocycles. The van der Waals surface area contributed by atoms with E-state index in [1.165, 1.54) is 11.3 Å². The Hall–Kier alpha value is -3.14. The van der Waals surface area contributed by atoms with Gasteiger partial charge in [-0.1, -0.05) is 11.3 Å². The van der Waals surface area contributed by atoms with Crippen molar-refractivity contribution in [3.8, 4) is 5.75 Å². The van der Waals surface area contributed by atoms with E-state index in [2.05, 4.69) is 10.6 Å². The Labute approximate surface area is 183 Å². The lowest BCUT2D eigenvalue weighted by molar-refractivity contribution is -0.141. The number of fused-ring (bicyclic) bond motifs is 2. The highest BCUT2D eigenvalue weighted by Gasteiger charge is 2.36. The number of nitrogens with zero attached hydrogens (tertiary/aromatic N) is 3. The lowest BCUT2D eigenvalue weighted by Gasteiger charge is -2.35. The number of carbonyl (C=O) groups excluding carboxylic acids is 3. The van der Waals surface area contributed by atoms with Gasteiger partial charge in [0.05, 0.1) is 17.9 Å². The summed E-state index contributed by atoms with van der Waals surface area (Å²) in [7, 11) is 1.70. The number of nitrogens with one attached hydrogen (secondary N) is 2. The Morgan fingerprint density at radius 2 is 2.16 bits per heavy atom. The van der Waals surface area contributed by atoms with Crippen LogP contribution in [0.15, 0.2) is 18.2 Å². The summed E-state index contributed by atoms with van der Waals surface area (Å²) >= 11 is 1.35. The number of hydrogen-bond donors (Lipinski definition) is 2. The number of thiazole rings is 1. The number of carbonyl (C=O) groups is 3. The lowest BCUT2D eigenvalue weighted by Crippen LogP contribution is -2.62. The number of benzene rings is 1. The van der Waals surface area contributed by atoms with Crippen LogP contribution in [0.2, 0.25) is 0 Å². The van der Waals surface area contributed by atoms with Gasteiger partial charge in [0.2, 0.25) is 5.91 Å². The fraction of sp³-hybridized carbons (Fsp3) is 0.429. The van der Waals surface area contributed by atoms with E-state index in [0.717, 1.165) is 11.4 Å². The molecule has 3 aliphatic rings. The van der Waals surface area contributed by atoms with E-state index >= 15 is 0 Å². The van der Waals surface area contributed by atoms with Crippen LogP contribution in [0, 0.1) is 0 Å². The van der Waals surface area contributed by atoms with Crippen molar-refractivity contribution >= 4 is 39.9 Å². The standard InChI is InChI=1S/C21H23N5O4S/c1-21(2)9-12-16(18(28)24-21)31-20(23-12)26-6-7-30-15-5-4-11(8-14(15)26)17(27)22-13-10-25(3)19(13)29/h4-5,8,13H,6-7,9-10H2,1-3H3,(H,22,27)(H,24,28)/t13-/m0/s1. The van der Waals surface area contributed by atoms with E-state index in [1.54, 1.807) is 30.1 Å². The number of anilines is 2. The third-order valence-electron chi connectivity index (χ3n) is 5.70.